The Labute approximate surface area is 325 Å². The molecule has 2 aromatic heterocycles. The predicted molar refractivity (Wildman–Crippen MR) is 209 cm³/mol. The van der Waals surface area contributed by atoms with Crippen molar-refractivity contribution in [2.75, 3.05) is 49.1 Å². The number of urea groups is 1. The number of amides is 4. The Morgan fingerprint density at radius 1 is 0.945 bits per heavy atom. The zero-order chi connectivity index (χ0) is 37.9. The Balaban J connectivity index is 0.760. The highest BCUT2D eigenvalue weighted by Crippen LogP contribution is 2.33. The van der Waals surface area contributed by atoms with Crippen molar-refractivity contribution in [3.05, 3.63) is 77.1 Å². The number of nitrogens with zero attached hydrogens (tertiary/aromatic N) is 7. The molecule has 2 N–H and O–H groups in total. The molecule has 14 heteroatoms. The number of nitrogens with one attached hydrogen (secondary N) is 2. The van der Waals surface area contributed by atoms with Gasteiger partial charge in [0.1, 0.15) is 17.6 Å². The molecule has 0 bridgehead atoms. The van der Waals surface area contributed by atoms with E-state index < -0.39 is 6.03 Å². The smallest absolute Gasteiger partial charge is 0.329 e. The van der Waals surface area contributed by atoms with Crippen molar-refractivity contribution in [2.45, 2.75) is 76.0 Å². The predicted octanol–water partition coefficient (Wildman–Crippen LogP) is 6.08. The molecule has 3 saturated heterocycles. The first-order valence-electron chi connectivity index (χ1n) is 19.5. The fraction of sp³-hybridized carbons (Fsp3) is 0.463. The number of imide groups is 1. The summed E-state index contributed by atoms with van der Waals surface area (Å²) >= 11 is 6.16. The number of aromatic nitrogens is 3. The molecule has 13 nitrogen and oxygen atoms in total. The molecule has 4 aliphatic rings. The topological polar surface area (TPSA) is 149 Å². The van der Waals surface area contributed by atoms with Gasteiger partial charge in [-0.25, -0.2) is 9.78 Å². The third-order valence-corrected chi connectivity index (χ3v) is 12.0. The number of anilines is 2. The fourth-order valence-electron chi connectivity index (χ4n) is 8.59. The van der Waals surface area contributed by atoms with Crippen LogP contribution in [0.5, 0.6) is 5.75 Å². The van der Waals surface area contributed by atoms with Crippen molar-refractivity contribution in [1.82, 2.24) is 30.3 Å². The molecule has 4 fully saturated rings. The standard InChI is InChI=1S/C41H46ClN9O4/c42-36-23-34(8-3-29(36)24-43)55-33-9-4-30(5-10-33)46-40(53)28-1-6-31(7-2-28)49-20-12-27(13-21-49)26-48-18-14-32(15-19-48)51-37-11-17-44-39(35(37)25-45-51)50-22-16-38(52)47-41(50)54/h1-3,6-8,11,17,23,25,27,30,32-33H,4-5,9-10,12-16,18-22,26H2,(H,46,53)(H,47,52,54). The number of pyridine rings is 1. The van der Waals surface area contributed by atoms with Crippen LogP contribution in [0, 0.1) is 17.2 Å². The van der Waals surface area contributed by atoms with E-state index in [2.05, 4.69) is 48.3 Å². The second-order valence-corrected chi connectivity index (χ2v) is 15.6. The summed E-state index contributed by atoms with van der Waals surface area (Å²) in [5, 5.41) is 20.7. The summed E-state index contributed by atoms with van der Waals surface area (Å²) in [6.07, 6.45) is 11.5. The van der Waals surface area contributed by atoms with Gasteiger partial charge in [-0.2, -0.15) is 10.4 Å². The zero-order valence-corrected chi connectivity index (χ0v) is 31.6. The lowest BCUT2D eigenvalue weighted by Crippen LogP contribution is -2.49. The van der Waals surface area contributed by atoms with Crippen molar-refractivity contribution in [1.29, 1.82) is 5.26 Å². The maximum atomic E-state index is 13.1. The van der Waals surface area contributed by atoms with Gasteiger partial charge < -0.3 is 19.9 Å². The number of fused-ring (bicyclic) bond motifs is 1. The Hall–Kier alpha value is -5.19. The van der Waals surface area contributed by atoms with Crippen molar-refractivity contribution < 1.29 is 19.1 Å². The highest BCUT2D eigenvalue weighted by Gasteiger charge is 2.30. The number of carbonyl (C=O) groups is 3. The van der Waals surface area contributed by atoms with E-state index in [0.29, 0.717) is 40.2 Å². The van der Waals surface area contributed by atoms with Crippen LogP contribution in [0.1, 0.15) is 79.8 Å². The summed E-state index contributed by atoms with van der Waals surface area (Å²) in [5.74, 6) is 1.57. The van der Waals surface area contributed by atoms with Gasteiger partial charge in [0, 0.05) is 75.2 Å². The average Bonchev–Trinajstić information content (AvgIpc) is 3.64. The third kappa shape index (κ3) is 8.26. The van der Waals surface area contributed by atoms with Crippen molar-refractivity contribution in [2.24, 2.45) is 5.92 Å². The quantitative estimate of drug-likeness (QED) is 0.207. The lowest BCUT2D eigenvalue weighted by Gasteiger charge is -2.38. The van der Waals surface area contributed by atoms with Gasteiger partial charge in [0.15, 0.2) is 0 Å². The molecule has 1 aliphatic carbocycles. The van der Waals surface area contributed by atoms with Gasteiger partial charge in [0.05, 0.1) is 39.8 Å². The van der Waals surface area contributed by atoms with Crippen LogP contribution in [0.25, 0.3) is 10.9 Å². The number of halogens is 1. The molecule has 0 spiro atoms. The third-order valence-electron chi connectivity index (χ3n) is 11.7. The fourth-order valence-corrected chi connectivity index (χ4v) is 8.80. The zero-order valence-electron chi connectivity index (χ0n) is 30.8. The molecule has 1 saturated carbocycles. The molecule has 3 aliphatic heterocycles. The van der Waals surface area contributed by atoms with Gasteiger partial charge in [0.25, 0.3) is 5.91 Å². The van der Waals surface area contributed by atoms with E-state index in [1.54, 1.807) is 30.6 Å². The molecule has 2 aromatic carbocycles. The summed E-state index contributed by atoms with van der Waals surface area (Å²) < 4.78 is 8.20. The summed E-state index contributed by atoms with van der Waals surface area (Å²) in [6.45, 7) is 5.47. The number of piperidine rings is 2. The Bertz CT molecular complexity index is 2080. The van der Waals surface area contributed by atoms with Crippen molar-refractivity contribution in [3.63, 3.8) is 0 Å². The van der Waals surface area contributed by atoms with E-state index in [1.165, 1.54) is 4.90 Å². The molecule has 0 radical (unpaired) electrons. The number of hydrogen-bond acceptors (Lipinski definition) is 9. The summed E-state index contributed by atoms with van der Waals surface area (Å²) in [5.41, 5.74) is 3.24. The maximum Gasteiger partial charge on any atom is 0.329 e. The van der Waals surface area contributed by atoms with E-state index >= 15 is 0 Å². The number of nitriles is 1. The van der Waals surface area contributed by atoms with E-state index in [4.69, 9.17) is 26.7 Å². The van der Waals surface area contributed by atoms with Gasteiger partial charge in [0.2, 0.25) is 5.91 Å². The highest BCUT2D eigenvalue weighted by molar-refractivity contribution is 6.31. The summed E-state index contributed by atoms with van der Waals surface area (Å²) in [7, 11) is 0. The summed E-state index contributed by atoms with van der Waals surface area (Å²) in [4.78, 5) is 48.3. The van der Waals surface area contributed by atoms with Crippen LogP contribution in [0.3, 0.4) is 0 Å². The van der Waals surface area contributed by atoms with E-state index in [1.807, 2.05) is 18.2 Å². The number of hydrogen-bond donors (Lipinski definition) is 2. The number of ether oxygens (including phenoxy) is 1. The second kappa shape index (κ2) is 16.3. The molecule has 4 aromatic rings. The van der Waals surface area contributed by atoms with Crippen LogP contribution in [0.15, 0.2) is 60.9 Å². The largest absolute Gasteiger partial charge is 0.490 e. The molecule has 55 heavy (non-hydrogen) atoms. The minimum absolute atomic E-state index is 0.0370. The van der Waals surface area contributed by atoms with Gasteiger partial charge in [-0.1, -0.05) is 11.6 Å². The maximum absolute atomic E-state index is 13.1. The van der Waals surface area contributed by atoms with Crippen LogP contribution in [0.4, 0.5) is 16.3 Å². The molecule has 0 atom stereocenters. The van der Waals surface area contributed by atoms with Gasteiger partial charge in [-0.3, -0.25) is 24.5 Å². The van der Waals surface area contributed by atoms with Crippen LogP contribution in [-0.2, 0) is 4.79 Å². The molecule has 286 valence electrons. The van der Waals surface area contributed by atoms with Crippen LogP contribution < -0.4 is 25.2 Å². The molecule has 0 unspecified atom stereocenters. The molecule has 5 heterocycles. The number of benzene rings is 2. The van der Waals surface area contributed by atoms with E-state index in [-0.39, 0.29) is 36.4 Å². The van der Waals surface area contributed by atoms with Gasteiger partial charge in [-0.15, -0.1) is 0 Å². The molecular formula is C41H46ClN9O4. The number of rotatable bonds is 9. The lowest BCUT2D eigenvalue weighted by atomic mass is 9.92. The van der Waals surface area contributed by atoms with Crippen LogP contribution >= 0.6 is 11.6 Å². The van der Waals surface area contributed by atoms with Crippen LogP contribution in [-0.4, -0.2) is 88.9 Å². The first-order chi connectivity index (χ1) is 26.8. The Morgan fingerprint density at radius 2 is 1.71 bits per heavy atom. The van der Waals surface area contributed by atoms with Gasteiger partial charge >= 0.3 is 6.03 Å². The average molecular weight is 764 g/mol. The lowest BCUT2D eigenvalue weighted by molar-refractivity contribution is -0.120. The summed E-state index contributed by atoms with van der Waals surface area (Å²) in [6, 6.07) is 17.2. The highest BCUT2D eigenvalue weighted by atomic mass is 35.5. The van der Waals surface area contributed by atoms with Crippen molar-refractivity contribution in [3.8, 4) is 11.8 Å². The minimum Gasteiger partial charge on any atom is -0.490 e. The second-order valence-electron chi connectivity index (χ2n) is 15.2. The van der Waals surface area contributed by atoms with Gasteiger partial charge in [-0.05, 0) is 99.7 Å². The van der Waals surface area contributed by atoms with E-state index in [9.17, 15) is 14.4 Å². The Morgan fingerprint density at radius 3 is 2.42 bits per heavy atom. The first-order valence-corrected chi connectivity index (χ1v) is 19.9. The van der Waals surface area contributed by atoms with E-state index in [0.717, 1.165) is 101 Å². The number of likely N-dealkylation sites (tertiary alicyclic amines) is 1. The minimum atomic E-state index is -0.437. The molecule has 4 amide bonds. The normalized spacial score (nSPS) is 21.7. The van der Waals surface area contributed by atoms with Crippen molar-refractivity contribution >= 4 is 51.9 Å². The number of carbonyl (C=O) groups excluding carboxylic acids is 3. The first kappa shape index (κ1) is 36.8. The molecule has 8 rings (SSSR count). The molecular weight excluding hydrogens is 718 g/mol. The SMILES string of the molecule is N#Cc1ccc(OC2CCC(NC(=O)c3ccc(N4CCC(CN5CCC(n6ncc7c(N8CCC(=O)NC8=O)nccc76)CC5)CC4)cc3)CC2)cc1Cl. The monoisotopic (exact) mass is 763 g/mol. The Kier molecular flexibility index (Phi) is 10.9. The van der Waals surface area contributed by atoms with Crippen LogP contribution in [0.2, 0.25) is 5.02 Å².